The summed E-state index contributed by atoms with van der Waals surface area (Å²) in [6.45, 7) is 0.908. The highest BCUT2D eigenvalue weighted by atomic mass is 16.1. The quantitative estimate of drug-likeness (QED) is 0.699. The van der Waals surface area contributed by atoms with E-state index in [0.717, 1.165) is 36.1 Å². The molecule has 0 saturated carbocycles. The van der Waals surface area contributed by atoms with Crippen LogP contribution in [-0.4, -0.2) is 18.4 Å². The molecule has 1 saturated heterocycles. The van der Waals surface area contributed by atoms with Crippen molar-refractivity contribution in [2.75, 3.05) is 6.54 Å². The fourth-order valence-corrected chi connectivity index (χ4v) is 4.16. The largest absolute Gasteiger partial charge is 0.307 e. The number of hydrogen-bond acceptors (Lipinski definition) is 2. The second kappa shape index (κ2) is 7.27. The van der Waals surface area contributed by atoms with Gasteiger partial charge in [-0.3, -0.25) is 4.79 Å². The maximum absolute atomic E-state index is 14.0. The van der Waals surface area contributed by atoms with Gasteiger partial charge in [0, 0.05) is 0 Å². The van der Waals surface area contributed by atoms with E-state index in [1.54, 1.807) is 0 Å². The van der Waals surface area contributed by atoms with Crippen LogP contribution in [0.25, 0.3) is 0 Å². The summed E-state index contributed by atoms with van der Waals surface area (Å²) in [5, 5.41) is 3.42. The molecule has 2 heteroatoms. The number of nitrogens with one attached hydrogen (secondary N) is 1. The summed E-state index contributed by atoms with van der Waals surface area (Å²) in [5.41, 5.74) is 2.27. The average molecular weight is 341 g/mol. The first-order chi connectivity index (χ1) is 12.8. The molecule has 4 rings (SSSR count). The number of Topliss-reactive ketones (excluding diaryl/α,β-unsaturated/α-hetero) is 1. The minimum absolute atomic E-state index is 0.115. The number of carbonyl (C=O) groups excluding carboxylic acids is 1. The lowest BCUT2D eigenvalue weighted by Crippen LogP contribution is -2.48. The average Bonchev–Trinajstić information content (AvgIpc) is 3.26. The topological polar surface area (TPSA) is 29.1 Å². The van der Waals surface area contributed by atoms with Crippen molar-refractivity contribution in [3.8, 4) is 0 Å². The summed E-state index contributed by atoms with van der Waals surface area (Å²) in [7, 11) is 0. The van der Waals surface area contributed by atoms with Crippen LogP contribution >= 0.6 is 0 Å². The zero-order chi connectivity index (χ0) is 17.8. The van der Waals surface area contributed by atoms with Crippen molar-refractivity contribution in [1.82, 2.24) is 5.32 Å². The molecule has 0 unspecified atom stereocenters. The third-order valence-electron chi connectivity index (χ3n) is 5.37. The molecule has 3 aromatic rings. The van der Waals surface area contributed by atoms with Crippen LogP contribution in [0.3, 0.4) is 0 Å². The van der Waals surface area contributed by atoms with Crippen molar-refractivity contribution in [3.05, 3.63) is 108 Å². The second-order valence-corrected chi connectivity index (χ2v) is 6.86. The highest BCUT2D eigenvalue weighted by molar-refractivity contribution is 6.01. The van der Waals surface area contributed by atoms with E-state index in [1.165, 1.54) is 0 Å². The molecule has 1 heterocycles. The molecular formula is C24H23NO. The summed E-state index contributed by atoms with van der Waals surface area (Å²) >= 11 is 0. The van der Waals surface area contributed by atoms with E-state index < -0.39 is 5.41 Å². The van der Waals surface area contributed by atoms with Gasteiger partial charge in [0.2, 0.25) is 0 Å². The molecule has 1 N–H and O–H groups in total. The number of rotatable bonds is 5. The van der Waals surface area contributed by atoms with Gasteiger partial charge in [0.1, 0.15) is 5.41 Å². The maximum Gasteiger partial charge on any atom is 0.169 e. The first kappa shape index (κ1) is 16.7. The van der Waals surface area contributed by atoms with Crippen LogP contribution in [0, 0.1) is 0 Å². The van der Waals surface area contributed by atoms with Gasteiger partial charge in [-0.05, 0) is 36.1 Å². The van der Waals surface area contributed by atoms with E-state index in [0.29, 0.717) is 0 Å². The standard InChI is InChI=1S/C24H23NO/c26-23(22-17-10-18-25-22)24(19-11-4-1-5-12-19,20-13-6-2-7-14-20)21-15-8-3-9-16-21/h1-9,11-16,22,25H,10,17-18H2/t22-/m0/s1. The van der Waals surface area contributed by atoms with Crippen LogP contribution in [0.5, 0.6) is 0 Å². The fraction of sp³-hybridized carbons (Fsp3) is 0.208. The third-order valence-corrected chi connectivity index (χ3v) is 5.37. The zero-order valence-corrected chi connectivity index (χ0v) is 14.8. The van der Waals surface area contributed by atoms with Gasteiger partial charge in [-0.15, -0.1) is 0 Å². The maximum atomic E-state index is 14.0. The molecule has 0 amide bonds. The Morgan fingerprint density at radius 3 is 1.50 bits per heavy atom. The first-order valence-corrected chi connectivity index (χ1v) is 9.28. The van der Waals surface area contributed by atoms with Crippen LogP contribution in [0.4, 0.5) is 0 Å². The van der Waals surface area contributed by atoms with Gasteiger partial charge in [-0.2, -0.15) is 0 Å². The molecule has 3 aromatic carbocycles. The van der Waals surface area contributed by atoms with E-state index in [-0.39, 0.29) is 11.8 Å². The number of benzene rings is 3. The van der Waals surface area contributed by atoms with Gasteiger partial charge in [0.05, 0.1) is 6.04 Å². The Morgan fingerprint density at radius 1 is 0.731 bits per heavy atom. The molecule has 1 fully saturated rings. The molecule has 1 aliphatic rings. The number of hydrogen-bond donors (Lipinski definition) is 1. The van der Waals surface area contributed by atoms with Gasteiger partial charge in [-0.25, -0.2) is 0 Å². The van der Waals surface area contributed by atoms with E-state index >= 15 is 0 Å². The van der Waals surface area contributed by atoms with E-state index in [1.807, 2.05) is 54.6 Å². The van der Waals surface area contributed by atoms with Crippen LogP contribution in [0.1, 0.15) is 29.5 Å². The van der Waals surface area contributed by atoms with Gasteiger partial charge in [0.25, 0.3) is 0 Å². The molecule has 2 nitrogen and oxygen atoms in total. The molecule has 0 spiro atoms. The summed E-state index contributed by atoms with van der Waals surface area (Å²) in [6, 6.07) is 30.5. The van der Waals surface area contributed by atoms with Gasteiger partial charge in [0.15, 0.2) is 5.78 Å². The summed E-state index contributed by atoms with van der Waals surface area (Å²) in [4.78, 5) is 14.0. The zero-order valence-electron chi connectivity index (χ0n) is 14.8. The summed E-state index contributed by atoms with van der Waals surface area (Å²) < 4.78 is 0. The molecule has 0 radical (unpaired) electrons. The molecule has 26 heavy (non-hydrogen) atoms. The van der Waals surface area contributed by atoms with Crippen molar-refractivity contribution in [3.63, 3.8) is 0 Å². The number of carbonyl (C=O) groups is 1. The second-order valence-electron chi connectivity index (χ2n) is 6.86. The molecule has 130 valence electrons. The predicted octanol–water partition coefficient (Wildman–Crippen LogP) is 4.34. The Balaban J connectivity index is 2.02. The van der Waals surface area contributed by atoms with Crippen molar-refractivity contribution in [2.24, 2.45) is 0 Å². The van der Waals surface area contributed by atoms with Gasteiger partial charge < -0.3 is 5.32 Å². The molecule has 0 bridgehead atoms. The van der Waals surface area contributed by atoms with E-state index in [9.17, 15) is 4.79 Å². The third kappa shape index (κ3) is 2.77. The van der Waals surface area contributed by atoms with Crippen LogP contribution in [0.15, 0.2) is 91.0 Å². The number of ketones is 1. The highest BCUT2D eigenvalue weighted by Crippen LogP contribution is 2.41. The molecule has 1 atom stereocenters. The van der Waals surface area contributed by atoms with Crippen LogP contribution in [-0.2, 0) is 10.2 Å². The van der Waals surface area contributed by atoms with Gasteiger partial charge in [-0.1, -0.05) is 91.0 Å². The van der Waals surface area contributed by atoms with E-state index in [2.05, 4.69) is 41.7 Å². The highest BCUT2D eigenvalue weighted by Gasteiger charge is 2.46. The first-order valence-electron chi connectivity index (χ1n) is 9.28. The lowest BCUT2D eigenvalue weighted by Gasteiger charge is -2.36. The molecule has 0 aliphatic carbocycles. The SMILES string of the molecule is O=C([C@@H]1CCCN1)C(c1ccccc1)(c1ccccc1)c1ccccc1. The molecule has 0 aromatic heterocycles. The smallest absolute Gasteiger partial charge is 0.169 e. The van der Waals surface area contributed by atoms with Crippen molar-refractivity contribution in [2.45, 2.75) is 24.3 Å². The predicted molar refractivity (Wildman–Crippen MR) is 105 cm³/mol. The van der Waals surface area contributed by atoms with Crippen LogP contribution in [0.2, 0.25) is 0 Å². The Hall–Kier alpha value is -2.71. The molecular weight excluding hydrogens is 318 g/mol. The minimum atomic E-state index is -0.800. The van der Waals surface area contributed by atoms with Crippen LogP contribution < -0.4 is 5.32 Å². The van der Waals surface area contributed by atoms with Gasteiger partial charge >= 0.3 is 0 Å². The summed E-state index contributed by atoms with van der Waals surface area (Å²) in [6.07, 6.45) is 1.94. The Kier molecular flexibility index (Phi) is 4.68. The lowest BCUT2D eigenvalue weighted by atomic mass is 9.65. The fourth-order valence-electron chi connectivity index (χ4n) is 4.16. The van der Waals surface area contributed by atoms with Crippen molar-refractivity contribution < 1.29 is 4.79 Å². The molecule has 1 aliphatic heterocycles. The summed E-state index contributed by atoms with van der Waals surface area (Å²) in [5.74, 6) is 0.235. The Labute approximate surface area is 154 Å². The van der Waals surface area contributed by atoms with E-state index in [4.69, 9.17) is 0 Å². The normalized spacial score (nSPS) is 17.2. The minimum Gasteiger partial charge on any atom is -0.307 e. The Bertz CT molecular complexity index is 756. The van der Waals surface area contributed by atoms with Crippen molar-refractivity contribution in [1.29, 1.82) is 0 Å². The lowest BCUT2D eigenvalue weighted by molar-refractivity contribution is -0.123. The monoisotopic (exact) mass is 341 g/mol. The van der Waals surface area contributed by atoms with Crippen molar-refractivity contribution >= 4 is 5.78 Å². The Morgan fingerprint density at radius 2 is 1.15 bits per heavy atom.